The fourth-order valence-electron chi connectivity index (χ4n) is 4.30. The zero-order valence-corrected chi connectivity index (χ0v) is 24.6. The molecule has 0 heterocycles. The predicted molar refractivity (Wildman–Crippen MR) is 161 cm³/mol. The molecule has 224 valence electrons. The van der Waals surface area contributed by atoms with E-state index in [1.54, 1.807) is 54.6 Å². The molecule has 0 atom stereocenters. The summed E-state index contributed by atoms with van der Waals surface area (Å²) in [6.45, 7) is 0.339. The zero-order chi connectivity index (χ0) is 30.8. The van der Waals surface area contributed by atoms with Crippen LogP contribution >= 0.6 is 0 Å². The molecule has 4 aromatic rings. The average molecular weight is 587 g/mol. The summed E-state index contributed by atoms with van der Waals surface area (Å²) in [5.41, 5.74) is 2.15. The number of amides is 2. The normalized spacial score (nSPS) is 10.5. The lowest BCUT2D eigenvalue weighted by Crippen LogP contribution is -2.41. The van der Waals surface area contributed by atoms with Gasteiger partial charge in [0.05, 0.1) is 35.5 Å². The summed E-state index contributed by atoms with van der Waals surface area (Å²) in [5, 5.41) is 5.80. The molecule has 0 spiro atoms. The largest absolute Gasteiger partial charge is 0.493 e. The van der Waals surface area contributed by atoms with E-state index in [1.807, 2.05) is 30.3 Å². The van der Waals surface area contributed by atoms with Crippen molar-refractivity contribution in [3.63, 3.8) is 0 Å². The summed E-state index contributed by atoms with van der Waals surface area (Å²) < 4.78 is 32.9. The molecule has 4 rings (SSSR count). The van der Waals surface area contributed by atoms with Gasteiger partial charge in [0.25, 0.3) is 11.8 Å². The van der Waals surface area contributed by atoms with Gasteiger partial charge in [-0.25, -0.2) is 0 Å². The van der Waals surface area contributed by atoms with Gasteiger partial charge in [0, 0.05) is 11.1 Å². The fraction of sp³-hybridized carbons (Fsp3) is 0.212. The highest BCUT2D eigenvalue weighted by Crippen LogP contribution is 2.32. The molecule has 0 bridgehead atoms. The number of hydrogen-bond donors (Lipinski definition) is 2. The second-order valence-corrected chi connectivity index (χ2v) is 9.20. The number of methoxy groups -OCH3 is 5. The lowest BCUT2D eigenvalue weighted by atomic mass is 10.1. The highest BCUT2D eigenvalue weighted by Gasteiger charge is 2.22. The van der Waals surface area contributed by atoms with Gasteiger partial charge >= 0.3 is 0 Å². The lowest BCUT2D eigenvalue weighted by Gasteiger charge is -2.23. The van der Waals surface area contributed by atoms with Crippen LogP contribution in [0.5, 0.6) is 34.5 Å². The Morgan fingerprint density at radius 1 is 0.558 bits per heavy atom. The molecule has 2 amide bonds. The topological polar surface area (TPSA) is 114 Å². The molecule has 0 aliphatic rings. The first-order valence-corrected chi connectivity index (χ1v) is 13.3. The van der Waals surface area contributed by atoms with Crippen LogP contribution in [0.25, 0.3) is 0 Å². The standard InChI is InChI=1S/C33H34N2O8/c1-38-25-14-12-23(18-28(25)40-3)32(36)34-31(35-33(37)24-13-15-26(39-2)29(19-24)41-4)22-11-16-27(30(17-22)42-5)43-20-21-9-7-6-8-10-21/h6-19,31H,20H2,1-5H3,(H,34,36)(H,35,37). The number of carbonyl (C=O) groups excluding carboxylic acids is 2. The molecule has 0 saturated heterocycles. The van der Waals surface area contributed by atoms with Crippen LogP contribution in [0.4, 0.5) is 0 Å². The van der Waals surface area contributed by atoms with E-state index < -0.39 is 18.0 Å². The highest BCUT2D eigenvalue weighted by atomic mass is 16.5. The molecule has 0 aliphatic carbocycles. The number of rotatable bonds is 13. The molecule has 0 aliphatic heterocycles. The molecule has 0 fully saturated rings. The summed E-state index contributed by atoms with van der Waals surface area (Å²) in [5.74, 6) is 1.76. The molecule has 0 unspecified atom stereocenters. The quantitative estimate of drug-likeness (QED) is 0.207. The van der Waals surface area contributed by atoms with Crippen molar-refractivity contribution in [1.29, 1.82) is 0 Å². The Bertz CT molecular complexity index is 1490. The van der Waals surface area contributed by atoms with Gasteiger partial charge in [-0.3, -0.25) is 9.59 Å². The Hall–Kier alpha value is -5.38. The van der Waals surface area contributed by atoms with Crippen LogP contribution in [0.1, 0.15) is 38.0 Å². The highest BCUT2D eigenvalue weighted by molar-refractivity contribution is 5.97. The van der Waals surface area contributed by atoms with Gasteiger partial charge in [0.1, 0.15) is 12.8 Å². The van der Waals surface area contributed by atoms with Gasteiger partial charge in [-0.1, -0.05) is 36.4 Å². The third-order valence-corrected chi connectivity index (χ3v) is 6.60. The summed E-state index contributed by atoms with van der Waals surface area (Å²) >= 11 is 0. The van der Waals surface area contributed by atoms with Gasteiger partial charge < -0.3 is 39.1 Å². The smallest absolute Gasteiger partial charge is 0.253 e. The van der Waals surface area contributed by atoms with Crippen molar-refractivity contribution < 1.29 is 38.0 Å². The van der Waals surface area contributed by atoms with Crippen LogP contribution in [0.15, 0.2) is 84.9 Å². The number of hydrogen-bond acceptors (Lipinski definition) is 8. The Kier molecular flexibility index (Phi) is 10.3. The fourth-order valence-corrected chi connectivity index (χ4v) is 4.30. The van der Waals surface area contributed by atoms with Crippen molar-refractivity contribution in [1.82, 2.24) is 10.6 Å². The summed E-state index contributed by atoms with van der Waals surface area (Å²) in [6, 6.07) is 24.5. The van der Waals surface area contributed by atoms with E-state index in [1.165, 1.54) is 35.5 Å². The lowest BCUT2D eigenvalue weighted by molar-refractivity contribution is 0.0882. The van der Waals surface area contributed by atoms with Crippen molar-refractivity contribution in [3.05, 3.63) is 107 Å². The predicted octanol–water partition coefficient (Wildman–Crippen LogP) is 5.17. The first-order chi connectivity index (χ1) is 20.9. The maximum absolute atomic E-state index is 13.4. The Labute approximate surface area is 250 Å². The van der Waals surface area contributed by atoms with E-state index >= 15 is 0 Å². The van der Waals surface area contributed by atoms with E-state index in [0.717, 1.165) is 5.56 Å². The van der Waals surface area contributed by atoms with Crippen LogP contribution in [0.2, 0.25) is 0 Å². The molecular formula is C33H34N2O8. The minimum atomic E-state index is -0.960. The molecule has 10 heteroatoms. The average Bonchev–Trinajstić information content (AvgIpc) is 3.06. The summed E-state index contributed by atoms with van der Waals surface area (Å²) in [7, 11) is 7.52. The van der Waals surface area contributed by atoms with Gasteiger partial charge in [0.2, 0.25) is 0 Å². The summed E-state index contributed by atoms with van der Waals surface area (Å²) in [4.78, 5) is 26.9. The van der Waals surface area contributed by atoms with Crippen LogP contribution in [-0.2, 0) is 6.61 Å². The molecule has 0 radical (unpaired) electrons. The Balaban J connectivity index is 1.64. The minimum Gasteiger partial charge on any atom is -0.493 e. The van der Waals surface area contributed by atoms with Crippen molar-refractivity contribution in [2.75, 3.05) is 35.5 Å². The molecule has 0 aromatic heterocycles. The van der Waals surface area contributed by atoms with E-state index in [-0.39, 0.29) is 0 Å². The third kappa shape index (κ3) is 7.48. The van der Waals surface area contributed by atoms with Crippen molar-refractivity contribution >= 4 is 11.8 Å². The van der Waals surface area contributed by atoms with Gasteiger partial charge in [-0.2, -0.15) is 0 Å². The first-order valence-electron chi connectivity index (χ1n) is 13.3. The monoisotopic (exact) mass is 586 g/mol. The molecule has 43 heavy (non-hydrogen) atoms. The van der Waals surface area contributed by atoms with Crippen molar-refractivity contribution in [3.8, 4) is 34.5 Å². The molecule has 10 nitrogen and oxygen atoms in total. The summed E-state index contributed by atoms with van der Waals surface area (Å²) in [6.07, 6.45) is -0.960. The van der Waals surface area contributed by atoms with Crippen molar-refractivity contribution in [2.24, 2.45) is 0 Å². The number of benzene rings is 4. The Morgan fingerprint density at radius 2 is 1.02 bits per heavy atom. The van der Waals surface area contributed by atoms with Gasteiger partial charge in [-0.15, -0.1) is 0 Å². The van der Waals surface area contributed by atoms with Crippen LogP contribution in [0.3, 0.4) is 0 Å². The van der Waals surface area contributed by atoms with E-state index in [2.05, 4.69) is 10.6 Å². The van der Waals surface area contributed by atoms with Gasteiger partial charge in [-0.05, 0) is 59.7 Å². The SMILES string of the molecule is COc1ccc(C(=O)NC(NC(=O)c2ccc(OC)c(OC)c2)c2ccc(OCc3ccccc3)c(OC)c2)cc1OC. The first kappa shape index (κ1) is 30.6. The second-order valence-electron chi connectivity index (χ2n) is 9.20. The zero-order valence-electron chi connectivity index (χ0n) is 24.6. The molecule has 0 saturated carbocycles. The second kappa shape index (κ2) is 14.5. The van der Waals surface area contributed by atoms with Crippen LogP contribution < -0.4 is 39.1 Å². The van der Waals surface area contributed by atoms with Crippen molar-refractivity contribution in [2.45, 2.75) is 12.8 Å². The minimum absolute atomic E-state index is 0.304. The van der Waals surface area contributed by atoms with Crippen LogP contribution in [0, 0.1) is 0 Å². The molecule has 4 aromatic carbocycles. The third-order valence-electron chi connectivity index (χ3n) is 6.60. The maximum atomic E-state index is 13.4. The van der Waals surface area contributed by atoms with E-state index in [4.69, 9.17) is 28.4 Å². The maximum Gasteiger partial charge on any atom is 0.253 e. The number of ether oxygens (including phenoxy) is 6. The molecular weight excluding hydrogens is 552 g/mol. The van der Waals surface area contributed by atoms with E-state index in [9.17, 15) is 9.59 Å². The van der Waals surface area contributed by atoms with Crippen LogP contribution in [-0.4, -0.2) is 47.4 Å². The number of carbonyl (C=O) groups is 2. The number of nitrogens with one attached hydrogen (secondary N) is 2. The van der Waals surface area contributed by atoms with E-state index in [0.29, 0.717) is 57.8 Å². The molecule has 2 N–H and O–H groups in total. The Morgan fingerprint density at radius 3 is 1.51 bits per heavy atom. The van der Waals surface area contributed by atoms with Gasteiger partial charge in [0.15, 0.2) is 34.5 Å².